The summed E-state index contributed by atoms with van der Waals surface area (Å²) in [6.07, 6.45) is 2.34. The summed E-state index contributed by atoms with van der Waals surface area (Å²) in [6.45, 7) is 0.691. The van der Waals surface area contributed by atoms with Gasteiger partial charge in [-0.2, -0.15) is 9.37 Å². The summed E-state index contributed by atoms with van der Waals surface area (Å²) in [6, 6.07) is 0. The van der Waals surface area contributed by atoms with Crippen LogP contribution in [-0.4, -0.2) is 23.1 Å². The first-order chi connectivity index (χ1) is 5.33. The van der Waals surface area contributed by atoms with Crippen molar-refractivity contribution in [2.24, 2.45) is 5.73 Å². The lowest BCUT2D eigenvalue weighted by molar-refractivity contribution is 0.308. The molecule has 0 unspecified atom stereocenters. The van der Waals surface area contributed by atoms with E-state index in [0.717, 1.165) is 6.20 Å². The van der Waals surface area contributed by atoms with Crippen LogP contribution in [0.4, 0.5) is 4.39 Å². The van der Waals surface area contributed by atoms with E-state index in [0.29, 0.717) is 13.2 Å². The molecular formula is C6H8FN3O. The van der Waals surface area contributed by atoms with Crippen molar-refractivity contribution >= 4 is 0 Å². The van der Waals surface area contributed by atoms with Crippen molar-refractivity contribution in [2.75, 3.05) is 13.2 Å². The fourth-order valence-corrected chi connectivity index (χ4v) is 0.559. The van der Waals surface area contributed by atoms with Crippen LogP contribution in [0.2, 0.25) is 0 Å². The molecule has 5 heteroatoms. The molecule has 4 nitrogen and oxygen atoms in total. The minimum Gasteiger partial charge on any atom is -0.475 e. The summed E-state index contributed by atoms with van der Waals surface area (Å²) in [5.41, 5.74) is 5.15. The van der Waals surface area contributed by atoms with E-state index in [1.54, 1.807) is 0 Å². The summed E-state index contributed by atoms with van der Waals surface area (Å²) in [7, 11) is 0. The minimum atomic E-state index is -0.653. The quantitative estimate of drug-likeness (QED) is 0.668. The maximum atomic E-state index is 12.3. The van der Waals surface area contributed by atoms with E-state index in [9.17, 15) is 4.39 Å². The summed E-state index contributed by atoms with van der Waals surface area (Å²) >= 11 is 0. The average molecular weight is 157 g/mol. The third-order valence-electron chi connectivity index (χ3n) is 0.951. The molecule has 1 rings (SSSR count). The highest BCUT2D eigenvalue weighted by atomic mass is 19.1. The number of hydrogen-bond donors (Lipinski definition) is 1. The van der Waals surface area contributed by atoms with Crippen molar-refractivity contribution in [1.29, 1.82) is 0 Å². The molecule has 0 aliphatic rings. The molecule has 60 valence electrons. The third-order valence-corrected chi connectivity index (χ3v) is 0.951. The van der Waals surface area contributed by atoms with Gasteiger partial charge >= 0.3 is 0 Å². The first-order valence-electron chi connectivity index (χ1n) is 3.13. The van der Waals surface area contributed by atoms with Crippen LogP contribution in [0.25, 0.3) is 0 Å². The first-order valence-corrected chi connectivity index (χ1v) is 3.13. The fraction of sp³-hybridized carbons (Fsp3) is 0.333. The van der Waals surface area contributed by atoms with Crippen LogP contribution >= 0.6 is 0 Å². The number of rotatable bonds is 3. The normalized spacial score (nSPS) is 9.64. The maximum Gasteiger partial charge on any atom is 0.235 e. The number of hydrogen-bond acceptors (Lipinski definition) is 4. The van der Waals surface area contributed by atoms with Gasteiger partial charge in [-0.1, -0.05) is 0 Å². The molecule has 0 aliphatic heterocycles. The fourth-order valence-electron chi connectivity index (χ4n) is 0.559. The molecule has 1 aromatic heterocycles. The van der Waals surface area contributed by atoms with Crippen LogP contribution in [0, 0.1) is 5.95 Å². The SMILES string of the molecule is NCCOc1cncc(F)n1. The van der Waals surface area contributed by atoms with Crippen molar-refractivity contribution < 1.29 is 9.13 Å². The molecule has 0 amide bonds. The molecule has 0 aliphatic carbocycles. The topological polar surface area (TPSA) is 61.0 Å². The Morgan fingerprint density at radius 1 is 1.55 bits per heavy atom. The molecule has 0 bridgehead atoms. The Morgan fingerprint density at radius 2 is 2.36 bits per heavy atom. The highest BCUT2D eigenvalue weighted by molar-refractivity contribution is 5.01. The maximum absolute atomic E-state index is 12.3. The zero-order valence-electron chi connectivity index (χ0n) is 5.83. The van der Waals surface area contributed by atoms with Gasteiger partial charge in [-0.15, -0.1) is 0 Å². The van der Waals surface area contributed by atoms with Crippen molar-refractivity contribution in [2.45, 2.75) is 0 Å². The summed E-state index contributed by atoms with van der Waals surface area (Å²) in [4.78, 5) is 6.94. The molecule has 0 saturated heterocycles. The van der Waals surface area contributed by atoms with Crippen LogP contribution in [-0.2, 0) is 0 Å². The van der Waals surface area contributed by atoms with Gasteiger partial charge < -0.3 is 10.5 Å². The van der Waals surface area contributed by atoms with E-state index in [4.69, 9.17) is 10.5 Å². The number of nitrogens with zero attached hydrogens (tertiary/aromatic N) is 2. The Bertz CT molecular complexity index is 231. The number of aromatic nitrogens is 2. The molecule has 0 spiro atoms. The highest BCUT2D eigenvalue weighted by Crippen LogP contribution is 2.02. The predicted molar refractivity (Wildman–Crippen MR) is 36.5 cm³/mol. The molecule has 0 atom stereocenters. The zero-order chi connectivity index (χ0) is 8.10. The highest BCUT2D eigenvalue weighted by Gasteiger charge is 1.96. The zero-order valence-corrected chi connectivity index (χ0v) is 5.83. The van der Waals surface area contributed by atoms with E-state index in [2.05, 4.69) is 9.97 Å². The molecular weight excluding hydrogens is 149 g/mol. The summed E-state index contributed by atoms with van der Waals surface area (Å²) in [5.74, 6) is -0.491. The molecule has 1 heterocycles. The van der Waals surface area contributed by atoms with Gasteiger partial charge in [0.05, 0.1) is 12.4 Å². The number of nitrogens with two attached hydrogens (primary N) is 1. The Labute approximate surface area is 63.2 Å². The van der Waals surface area contributed by atoms with Crippen molar-refractivity contribution in [1.82, 2.24) is 9.97 Å². The standard InChI is InChI=1S/C6H8FN3O/c7-5-3-9-4-6(10-5)11-2-1-8/h3-4H,1-2,8H2. The van der Waals surface area contributed by atoms with E-state index in [-0.39, 0.29) is 5.88 Å². The number of halogens is 1. The van der Waals surface area contributed by atoms with Crippen LogP contribution in [0.5, 0.6) is 5.88 Å². The molecule has 0 saturated carbocycles. The Morgan fingerprint density at radius 3 is 3.00 bits per heavy atom. The minimum absolute atomic E-state index is 0.162. The van der Waals surface area contributed by atoms with Crippen LogP contribution in [0.1, 0.15) is 0 Å². The van der Waals surface area contributed by atoms with Crippen LogP contribution < -0.4 is 10.5 Å². The second kappa shape index (κ2) is 3.82. The lowest BCUT2D eigenvalue weighted by atomic mass is 10.7. The number of ether oxygens (including phenoxy) is 1. The van der Waals surface area contributed by atoms with Gasteiger partial charge in [0.25, 0.3) is 0 Å². The van der Waals surface area contributed by atoms with Gasteiger partial charge in [-0.25, -0.2) is 0 Å². The smallest absolute Gasteiger partial charge is 0.235 e. The molecule has 0 radical (unpaired) electrons. The Kier molecular flexibility index (Phi) is 2.74. The third kappa shape index (κ3) is 2.46. The molecule has 2 N–H and O–H groups in total. The summed E-state index contributed by atoms with van der Waals surface area (Å²) < 4.78 is 17.2. The van der Waals surface area contributed by atoms with Crippen molar-refractivity contribution in [3.05, 3.63) is 18.3 Å². The molecule has 0 aromatic carbocycles. The van der Waals surface area contributed by atoms with E-state index in [1.165, 1.54) is 6.20 Å². The van der Waals surface area contributed by atoms with Gasteiger partial charge in [-0.05, 0) is 0 Å². The Balaban J connectivity index is 2.56. The van der Waals surface area contributed by atoms with E-state index in [1.807, 2.05) is 0 Å². The molecule has 1 aromatic rings. The molecule has 11 heavy (non-hydrogen) atoms. The lowest BCUT2D eigenvalue weighted by Gasteiger charge is -2.00. The molecule has 0 fully saturated rings. The van der Waals surface area contributed by atoms with Gasteiger partial charge in [-0.3, -0.25) is 4.98 Å². The second-order valence-electron chi connectivity index (χ2n) is 1.82. The lowest BCUT2D eigenvalue weighted by Crippen LogP contribution is -2.11. The van der Waals surface area contributed by atoms with E-state index >= 15 is 0 Å². The van der Waals surface area contributed by atoms with E-state index < -0.39 is 5.95 Å². The largest absolute Gasteiger partial charge is 0.475 e. The van der Waals surface area contributed by atoms with Gasteiger partial charge in [0.2, 0.25) is 11.8 Å². The average Bonchev–Trinajstić information content (AvgIpc) is 2.01. The van der Waals surface area contributed by atoms with Gasteiger partial charge in [0.1, 0.15) is 6.61 Å². The Hall–Kier alpha value is -1.23. The monoisotopic (exact) mass is 157 g/mol. The summed E-state index contributed by atoms with van der Waals surface area (Å²) in [5, 5.41) is 0. The van der Waals surface area contributed by atoms with Gasteiger partial charge in [0, 0.05) is 6.54 Å². The first kappa shape index (κ1) is 7.87. The van der Waals surface area contributed by atoms with Crippen LogP contribution in [0.3, 0.4) is 0 Å². The predicted octanol–water partition coefficient (Wildman–Crippen LogP) is -0.0468. The van der Waals surface area contributed by atoms with Crippen molar-refractivity contribution in [3.63, 3.8) is 0 Å². The van der Waals surface area contributed by atoms with Crippen LogP contribution in [0.15, 0.2) is 12.4 Å². The van der Waals surface area contributed by atoms with Gasteiger partial charge in [0.15, 0.2) is 0 Å². The van der Waals surface area contributed by atoms with Crippen molar-refractivity contribution in [3.8, 4) is 5.88 Å². The second-order valence-corrected chi connectivity index (χ2v) is 1.82.